The van der Waals surface area contributed by atoms with Crippen LogP contribution in [0.25, 0.3) is 0 Å². The molecule has 0 atom stereocenters. The van der Waals surface area contributed by atoms with E-state index in [0.29, 0.717) is 36.7 Å². The number of nitrogens with zero attached hydrogens (tertiary/aromatic N) is 2. The van der Waals surface area contributed by atoms with E-state index in [0.717, 1.165) is 5.56 Å². The van der Waals surface area contributed by atoms with E-state index in [-0.39, 0.29) is 11.8 Å². The lowest BCUT2D eigenvalue weighted by atomic mass is 9.96. The standard InChI is InChI=1S/C19H24N2O3S2/c1-15-6-3-4-7-17(15)14-20(2)19(22)16-9-11-21(12-10-16)26(23,24)18-8-5-13-25-18/h3-8,13,16H,9-12,14H2,1-2H3. The van der Waals surface area contributed by atoms with Gasteiger partial charge in [0.15, 0.2) is 0 Å². The van der Waals surface area contributed by atoms with Crippen LogP contribution in [0.5, 0.6) is 0 Å². The fraction of sp³-hybridized carbons (Fsp3) is 0.421. The van der Waals surface area contributed by atoms with Crippen molar-refractivity contribution < 1.29 is 13.2 Å². The molecule has 7 heteroatoms. The van der Waals surface area contributed by atoms with Crippen LogP contribution in [-0.4, -0.2) is 43.7 Å². The first-order valence-corrected chi connectivity index (χ1v) is 11.0. The van der Waals surface area contributed by atoms with Crippen LogP contribution in [0.3, 0.4) is 0 Å². The largest absolute Gasteiger partial charge is 0.341 e. The van der Waals surface area contributed by atoms with E-state index < -0.39 is 10.0 Å². The summed E-state index contributed by atoms with van der Waals surface area (Å²) in [6.45, 7) is 3.42. The number of sulfonamides is 1. The zero-order valence-corrected chi connectivity index (χ0v) is 16.7. The van der Waals surface area contributed by atoms with Gasteiger partial charge in [-0.15, -0.1) is 11.3 Å². The van der Waals surface area contributed by atoms with Crippen molar-refractivity contribution in [2.24, 2.45) is 5.92 Å². The molecule has 1 aromatic carbocycles. The molecule has 0 saturated carbocycles. The molecule has 1 fully saturated rings. The zero-order valence-electron chi connectivity index (χ0n) is 15.1. The second kappa shape index (κ2) is 7.90. The highest BCUT2D eigenvalue weighted by Gasteiger charge is 2.33. The van der Waals surface area contributed by atoms with E-state index in [1.165, 1.54) is 21.2 Å². The van der Waals surface area contributed by atoms with Crippen molar-refractivity contribution in [2.45, 2.75) is 30.5 Å². The molecule has 3 rings (SSSR count). The summed E-state index contributed by atoms with van der Waals surface area (Å²) in [6.07, 6.45) is 1.14. The number of amides is 1. The van der Waals surface area contributed by atoms with E-state index in [2.05, 4.69) is 0 Å². The third-order valence-corrected chi connectivity index (χ3v) is 8.21. The van der Waals surface area contributed by atoms with E-state index in [1.807, 2.05) is 38.2 Å². The fourth-order valence-electron chi connectivity index (χ4n) is 3.31. The van der Waals surface area contributed by atoms with Crippen LogP contribution in [0.15, 0.2) is 46.0 Å². The molecule has 5 nitrogen and oxygen atoms in total. The molecular formula is C19H24N2O3S2. The third-order valence-electron chi connectivity index (χ3n) is 4.94. The van der Waals surface area contributed by atoms with Crippen molar-refractivity contribution >= 4 is 27.3 Å². The lowest BCUT2D eigenvalue weighted by Gasteiger charge is -2.32. The average molecular weight is 393 g/mol. The summed E-state index contributed by atoms with van der Waals surface area (Å²) in [4.78, 5) is 14.5. The molecule has 0 unspecified atom stereocenters. The Morgan fingerprint density at radius 1 is 1.19 bits per heavy atom. The van der Waals surface area contributed by atoms with Gasteiger partial charge in [0.1, 0.15) is 4.21 Å². The van der Waals surface area contributed by atoms with Crippen LogP contribution in [0.1, 0.15) is 24.0 Å². The number of thiophene rings is 1. The molecule has 1 amide bonds. The van der Waals surface area contributed by atoms with Gasteiger partial charge >= 0.3 is 0 Å². The number of aryl methyl sites for hydroxylation is 1. The Hall–Kier alpha value is -1.70. The molecule has 0 N–H and O–H groups in total. The van der Waals surface area contributed by atoms with Crippen LogP contribution in [0.2, 0.25) is 0 Å². The smallest absolute Gasteiger partial charge is 0.252 e. The Labute approximate surface area is 159 Å². The zero-order chi connectivity index (χ0) is 18.7. The molecule has 0 bridgehead atoms. The van der Waals surface area contributed by atoms with Crippen molar-refractivity contribution in [1.82, 2.24) is 9.21 Å². The topological polar surface area (TPSA) is 57.7 Å². The SMILES string of the molecule is Cc1ccccc1CN(C)C(=O)C1CCN(S(=O)(=O)c2cccs2)CC1. The Morgan fingerprint density at radius 2 is 1.88 bits per heavy atom. The number of hydrogen-bond acceptors (Lipinski definition) is 4. The number of hydrogen-bond donors (Lipinski definition) is 0. The molecule has 2 heterocycles. The first-order valence-electron chi connectivity index (χ1n) is 8.72. The number of benzene rings is 1. The first kappa shape index (κ1) is 19.1. The maximum Gasteiger partial charge on any atom is 0.252 e. The lowest BCUT2D eigenvalue weighted by molar-refractivity contribution is -0.135. The highest BCUT2D eigenvalue weighted by atomic mass is 32.2. The molecule has 1 aromatic heterocycles. The van der Waals surface area contributed by atoms with E-state index >= 15 is 0 Å². The summed E-state index contributed by atoms with van der Waals surface area (Å²) < 4.78 is 27.0. The van der Waals surface area contributed by atoms with Gasteiger partial charge in [-0.25, -0.2) is 8.42 Å². The van der Waals surface area contributed by atoms with Gasteiger partial charge in [0.05, 0.1) is 0 Å². The second-order valence-electron chi connectivity index (χ2n) is 6.73. The average Bonchev–Trinajstić information content (AvgIpc) is 3.18. The van der Waals surface area contributed by atoms with Gasteiger partial charge in [-0.2, -0.15) is 4.31 Å². The highest BCUT2D eigenvalue weighted by molar-refractivity contribution is 7.91. The minimum absolute atomic E-state index is 0.0985. The summed E-state index contributed by atoms with van der Waals surface area (Å²) in [6, 6.07) is 11.4. The first-order chi connectivity index (χ1) is 12.4. The van der Waals surface area contributed by atoms with E-state index in [4.69, 9.17) is 0 Å². The maximum absolute atomic E-state index is 12.8. The predicted octanol–water partition coefficient (Wildman–Crippen LogP) is 3.12. The molecular weight excluding hydrogens is 368 g/mol. The van der Waals surface area contributed by atoms with Crippen LogP contribution in [0.4, 0.5) is 0 Å². The fourth-order valence-corrected chi connectivity index (χ4v) is 5.93. The molecule has 140 valence electrons. The van der Waals surface area contributed by atoms with Gasteiger partial charge in [-0.05, 0) is 42.3 Å². The number of rotatable bonds is 5. The molecule has 2 aromatic rings. The molecule has 1 aliphatic heterocycles. The van der Waals surface area contributed by atoms with Gasteiger partial charge in [-0.1, -0.05) is 30.3 Å². The lowest BCUT2D eigenvalue weighted by Crippen LogP contribution is -2.43. The van der Waals surface area contributed by atoms with Crippen LogP contribution >= 0.6 is 11.3 Å². The molecule has 1 aliphatic rings. The quantitative estimate of drug-likeness (QED) is 0.786. The van der Waals surface area contributed by atoms with Gasteiger partial charge in [-0.3, -0.25) is 4.79 Å². The number of carbonyl (C=O) groups excluding carboxylic acids is 1. The number of piperidine rings is 1. The second-order valence-corrected chi connectivity index (χ2v) is 9.84. The predicted molar refractivity (Wildman–Crippen MR) is 103 cm³/mol. The number of carbonyl (C=O) groups is 1. The Kier molecular flexibility index (Phi) is 5.79. The Bertz CT molecular complexity index is 855. The molecule has 0 aliphatic carbocycles. The normalized spacial score (nSPS) is 16.5. The summed E-state index contributed by atoms with van der Waals surface area (Å²) in [7, 11) is -1.59. The van der Waals surface area contributed by atoms with E-state index in [1.54, 1.807) is 22.4 Å². The van der Waals surface area contributed by atoms with Crippen molar-refractivity contribution in [1.29, 1.82) is 0 Å². The molecule has 0 spiro atoms. The third kappa shape index (κ3) is 4.00. The van der Waals surface area contributed by atoms with Crippen LogP contribution in [0, 0.1) is 12.8 Å². The molecule has 26 heavy (non-hydrogen) atoms. The van der Waals surface area contributed by atoms with Crippen LogP contribution in [-0.2, 0) is 21.4 Å². The minimum Gasteiger partial charge on any atom is -0.341 e. The summed E-state index contributed by atoms with van der Waals surface area (Å²) in [5.41, 5.74) is 2.31. The van der Waals surface area contributed by atoms with Crippen molar-refractivity contribution in [3.8, 4) is 0 Å². The van der Waals surface area contributed by atoms with Gasteiger partial charge in [0.25, 0.3) is 10.0 Å². The summed E-state index contributed by atoms with van der Waals surface area (Å²) >= 11 is 1.23. The Morgan fingerprint density at radius 3 is 2.50 bits per heavy atom. The van der Waals surface area contributed by atoms with Crippen LogP contribution < -0.4 is 0 Å². The molecule has 0 radical (unpaired) electrons. The summed E-state index contributed by atoms with van der Waals surface area (Å²) in [5.74, 6) is -0.0137. The van der Waals surface area contributed by atoms with Crippen molar-refractivity contribution in [2.75, 3.05) is 20.1 Å². The highest BCUT2D eigenvalue weighted by Crippen LogP contribution is 2.27. The molecule has 1 saturated heterocycles. The minimum atomic E-state index is -3.42. The van der Waals surface area contributed by atoms with Crippen molar-refractivity contribution in [3.63, 3.8) is 0 Å². The maximum atomic E-state index is 12.8. The Balaban J connectivity index is 1.59. The monoisotopic (exact) mass is 392 g/mol. The van der Waals surface area contributed by atoms with Gasteiger partial charge < -0.3 is 4.90 Å². The van der Waals surface area contributed by atoms with E-state index in [9.17, 15) is 13.2 Å². The summed E-state index contributed by atoms with van der Waals surface area (Å²) in [5, 5.41) is 1.77. The van der Waals surface area contributed by atoms with Gasteiger partial charge in [0.2, 0.25) is 5.91 Å². The van der Waals surface area contributed by atoms with Gasteiger partial charge in [0, 0.05) is 32.6 Å². The van der Waals surface area contributed by atoms with Crippen molar-refractivity contribution in [3.05, 3.63) is 52.9 Å².